The van der Waals surface area contributed by atoms with Gasteiger partial charge in [0.25, 0.3) is 0 Å². The van der Waals surface area contributed by atoms with E-state index in [1.54, 1.807) is 12.1 Å². The summed E-state index contributed by atoms with van der Waals surface area (Å²) in [5.74, 6) is -0.299. The van der Waals surface area contributed by atoms with E-state index < -0.39 is 0 Å². The van der Waals surface area contributed by atoms with E-state index in [0.717, 1.165) is 15.7 Å². The fraction of sp³-hybridized carbons (Fsp3) is 0. The summed E-state index contributed by atoms with van der Waals surface area (Å²) in [6.07, 6.45) is 0. The standard InChI is InChI=1S/C13H10BrFN2S/c14-8-4-5-11(13(16)18)12(6-8)17-10-3-1-2-9(15)7-10/h1-7,17H,(H2,16,18). The van der Waals surface area contributed by atoms with Crippen molar-refractivity contribution in [2.75, 3.05) is 5.32 Å². The first kappa shape index (κ1) is 13.0. The van der Waals surface area contributed by atoms with Crippen molar-refractivity contribution >= 4 is 44.5 Å². The van der Waals surface area contributed by atoms with E-state index in [2.05, 4.69) is 21.2 Å². The SMILES string of the molecule is NC(=S)c1ccc(Br)cc1Nc1cccc(F)c1. The van der Waals surface area contributed by atoms with Crippen LogP contribution in [0.5, 0.6) is 0 Å². The summed E-state index contributed by atoms with van der Waals surface area (Å²) in [5, 5.41) is 3.10. The molecular weight excluding hydrogens is 315 g/mol. The van der Waals surface area contributed by atoms with Crippen molar-refractivity contribution in [2.24, 2.45) is 5.73 Å². The summed E-state index contributed by atoms with van der Waals surface area (Å²) in [6.45, 7) is 0. The van der Waals surface area contributed by atoms with Crippen LogP contribution in [0.3, 0.4) is 0 Å². The Morgan fingerprint density at radius 1 is 1.22 bits per heavy atom. The van der Waals surface area contributed by atoms with E-state index in [4.69, 9.17) is 18.0 Å². The monoisotopic (exact) mass is 324 g/mol. The second-order valence-corrected chi connectivity index (χ2v) is 5.05. The molecule has 0 saturated carbocycles. The van der Waals surface area contributed by atoms with Gasteiger partial charge < -0.3 is 11.1 Å². The Morgan fingerprint density at radius 2 is 2.00 bits per heavy atom. The normalized spacial score (nSPS) is 10.1. The van der Waals surface area contributed by atoms with E-state index in [-0.39, 0.29) is 5.82 Å². The molecule has 2 aromatic rings. The van der Waals surface area contributed by atoms with Gasteiger partial charge in [-0.05, 0) is 36.4 Å². The van der Waals surface area contributed by atoms with Gasteiger partial charge in [-0.15, -0.1) is 0 Å². The van der Waals surface area contributed by atoms with Crippen LogP contribution in [-0.4, -0.2) is 4.99 Å². The average molecular weight is 325 g/mol. The fourth-order valence-corrected chi connectivity index (χ4v) is 2.10. The summed E-state index contributed by atoms with van der Waals surface area (Å²) in [6, 6.07) is 11.7. The molecule has 0 aromatic heterocycles. The Hall–Kier alpha value is -1.46. The molecular formula is C13H10BrFN2S. The summed E-state index contributed by atoms with van der Waals surface area (Å²) < 4.78 is 14.0. The predicted octanol–water partition coefficient (Wildman–Crippen LogP) is 3.97. The second kappa shape index (κ2) is 5.46. The highest BCUT2D eigenvalue weighted by molar-refractivity contribution is 9.10. The van der Waals surface area contributed by atoms with Crippen LogP contribution in [-0.2, 0) is 0 Å². The number of benzene rings is 2. The molecule has 0 aliphatic heterocycles. The maximum absolute atomic E-state index is 13.1. The van der Waals surface area contributed by atoms with Crippen LogP contribution in [0.1, 0.15) is 5.56 Å². The average Bonchev–Trinajstić information content (AvgIpc) is 2.28. The molecule has 0 unspecified atom stereocenters. The lowest BCUT2D eigenvalue weighted by atomic mass is 10.1. The zero-order chi connectivity index (χ0) is 13.1. The van der Waals surface area contributed by atoms with Crippen LogP contribution < -0.4 is 11.1 Å². The van der Waals surface area contributed by atoms with Crippen LogP contribution in [0.2, 0.25) is 0 Å². The Labute approximate surface area is 118 Å². The molecule has 0 aliphatic rings. The molecule has 0 atom stereocenters. The smallest absolute Gasteiger partial charge is 0.125 e. The lowest BCUT2D eigenvalue weighted by molar-refractivity contribution is 0.628. The molecule has 0 spiro atoms. The van der Waals surface area contributed by atoms with Crippen LogP contribution >= 0.6 is 28.1 Å². The molecule has 2 aromatic carbocycles. The number of halogens is 2. The fourth-order valence-electron chi connectivity index (χ4n) is 1.56. The third-order valence-electron chi connectivity index (χ3n) is 2.35. The first-order valence-electron chi connectivity index (χ1n) is 5.18. The summed E-state index contributed by atoms with van der Waals surface area (Å²) in [4.78, 5) is 0.293. The Bertz CT molecular complexity index is 601. The van der Waals surface area contributed by atoms with E-state index in [1.807, 2.05) is 18.2 Å². The Balaban J connectivity index is 2.39. The minimum atomic E-state index is -0.299. The van der Waals surface area contributed by atoms with Crippen molar-refractivity contribution in [1.82, 2.24) is 0 Å². The van der Waals surface area contributed by atoms with E-state index >= 15 is 0 Å². The molecule has 2 nitrogen and oxygen atoms in total. The molecule has 0 fully saturated rings. The first-order chi connectivity index (χ1) is 8.56. The highest BCUT2D eigenvalue weighted by atomic mass is 79.9. The number of nitrogens with one attached hydrogen (secondary N) is 1. The zero-order valence-electron chi connectivity index (χ0n) is 9.28. The van der Waals surface area contributed by atoms with Crippen LogP contribution in [0.4, 0.5) is 15.8 Å². The minimum Gasteiger partial charge on any atom is -0.389 e. The summed E-state index contributed by atoms with van der Waals surface area (Å²) in [5.41, 5.74) is 7.75. The van der Waals surface area contributed by atoms with Crippen molar-refractivity contribution in [1.29, 1.82) is 0 Å². The lowest BCUT2D eigenvalue weighted by Crippen LogP contribution is -2.11. The molecule has 18 heavy (non-hydrogen) atoms. The van der Waals surface area contributed by atoms with Gasteiger partial charge in [0.05, 0.1) is 0 Å². The van der Waals surface area contributed by atoms with Gasteiger partial charge in [-0.25, -0.2) is 4.39 Å². The molecule has 2 rings (SSSR count). The number of hydrogen-bond acceptors (Lipinski definition) is 2. The second-order valence-electron chi connectivity index (χ2n) is 3.69. The maximum Gasteiger partial charge on any atom is 0.125 e. The Morgan fingerprint density at radius 3 is 2.67 bits per heavy atom. The molecule has 0 heterocycles. The van der Waals surface area contributed by atoms with Gasteiger partial charge >= 0.3 is 0 Å². The third-order valence-corrected chi connectivity index (χ3v) is 3.06. The predicted molar refractivity (Wildman–Crippen MR) is 79.7 cm³/mol. The third kappa shape index (κ3) is 3.05. The van der Waals surface area contributed by atoms with Gasteiger partial charge in [0.2, 0.25) is 0 Å². The summed E-state index contributed by atoms with van der Waals surface area (Å²) >= 11 is 8.36. The van der Waals surface area contributed by atoms with Gasteiger partial charge in [0, 0.05) is 21.4 Å². The number of thiocarbonyl (C=S) groups is 1. The van der Waals surface area contributed by atoms with Crippen molar-refractivity contribution in [3.63, 3.8) is 0 Å². The number of anilines is 2. The number of hydrogen-bond donors (Lipinski definition) is 2. The quantitative estimate of drug-likeness (QED) is 0.839. The van der Waals surface area contributed by atoms with Crippen molar-refractivity contribution < 1.29 is 4.39 Å². The van der Waals surface area contributed by atoms with Crippen molar-refractivity contribution in [3.05, 3.63) is 58.3 Å². The van der Waals surface area contributed by atoms with Gasteiger partial charge in [0.15, 0.2) is 0 Å². The zero-order valence-corrected chi connectivity index (χ0v) is 11.7. The molecule has 92 valence electrons. The summed E-state index contributed by atoms with van der Waals surface area (Å²) in [7, 11) is 0. The van der Waals surface area contributed by atoms with Crippen LogP contribution in [0.15, 0.2) is 46.9 Å². The molecule has 0 aliphatic carbocycles. The molecule has 3 N–H and O–H groups in total. The number of nitrogens with two attached hydrogens (primary N) is 1. The molecule has 5 heteroatoms. The largest absolute Gasteiger partial charge is 0.389 e. The molecule has 0 saturated heterocycles. The van der Waals surface area contributed by atoms with E-state index in [9.17, 15) is 4.39 Å². The van der Waals surface area contributed by atoms with Gasteiger partial charge in [-0.3, -0.25) is 0 Å². The first-order valence-corrected chi connectivity index (χ1v) is 6.38. The van der Waals surface area contributed by atoms with Crippen molar-refractivity contribution in [3.8, 4) is 0 Å². The Kier molecular flexibility index (Phi) is 3.93. The minimum absolute atomic E-state index is 0.293. The molecule has 0 bridgehead atoms. The van der Waals surface area contributed by atoms with E-state index in [1.165, 1.54) is 12.1 Å². The van der Waals surface area contributed by atoms with Gasteiger partial charge in [-0.1, -0.05) is 34.2 Å². The number of rotatable bonds is 3. The van der Waals surface area contributed by atoms with Crippen molar-refractivity contribution in [2.45, 2.75) is 0 Å². The van der Waals surface area contributed by atoms with Crippen LogP contribution in [0.25, 0.3) is 0 Å². The molecule has 0 radical (unpaired) electrons. The maximum atomic E-state index is 13.1. The molecule has 0 amide bonds. The highest BCUT2D eigenvalue weighted by Gasteiger charge is 2.06. The van der Waals surface area contributed by atoms with E-state index in [0.29, 0.717) is 10.7 Å². The topological polar surface area (TPSA) is 38.0 Å². The van der Waals surface area contributed by atoms with Gasteiger partial charge in [0.1, 0.15) is 10.8 Å². The van der Waals surface area contributed by atoms with Crippen LogP contribution in [0, 0.1) is 5.82 Å². The van der Waals surface area contributed by atoms with Gasteiger partial charge in [-0.2, -0.15) is 0 Å². The lowest BCUT2D eigenvalue weighted by Gasteiger charge is -2.11. The highest BCUT2D eigenvalue weighted by Crippen LogP contribution is 2.25.